The van der Waals surface area contributed by atoms with Crippen LogP contribution < -0.4 is 5.32 Å². The van der Waals surface area contributed by atoms with Gasteiger partial charge in [-0.3, -0.25) is 9.59 Å². The van der Waals surface area contributed by atoms with Gasteiger partial charge in [-0.1, -0.05) is 0 Å². The number of aliphatic carboxylic acids is 1. The van der Waals surface area contributed by atoms with E-state index in [2.05, 4.69) is 15.3 Å². The van der Waals surface area contributed by atoms with Gasteiger partial charge in [0.25, 0.3) is 5.91 Å². The minimum atomic E-state index is -1.09. The lowest BCUT2D eigenvalue weighted by atomic mass is 10.3. The summed E-state index contributed by atoms with van der Waals surface area (Å²) in [5.74, 6) is -1.14. The molecule has 0 aromatic carbocycles. The molecule has 1 atom stereocenters. The Hall–Kier alpha value is -1.98. The Kier molecular flexibility index (Phi) is 3.33. The number of carbonyl (C=O) groups is 2. The first-order valence-electron chi connectivity index (χ1n) is 4.34. The molecule has 0 aliphatic heterocycles. The quantitative estimate of drug-likeness (QED) is 0.730. The zero-order chi connectivity index (χ0) is 11.4. The van der Waals surface area contributed by atoms with Crippen molar-refractivity contribution >= 4 is 11.9 Å². The predicted octanol–water partition coefficient (Wildman–Crippen LogP) is -0.0121. The molecule has 0 aliphatic carbocycles. The first-order valence-corrected chi connectivity index (χ1v) is 4.34. The fraction of sp³-hybridized carbons (Fsp3) is 0.333. The van der Waals surface area contributed by atoms with Gasteiger partial charge in [-0.2, -0.15) is 0 Å². The molecule has 6 heteroatoms. The van der Waals surface area contributed by atoms with Gasteiger partial charge in [-0.15, -0.1) is 0 Å². The highest BCUT2D eigenvalue weighted by Gasteiger charge is 2.15. The van der Waals surface area contributed by atoms with Crippen molar-refractivity contribution in [3.8, 4) is 0 Å². The van der Waals surface area contributed by atoms with Crippen LogP contribution in [-0.2, 0) is 4.79 Å². The minimum Gasteiger partial charge on any atom is -0.480 e. The number of carboxylic acid groups (broad SMARTS) is 1. The van der Waals surface area contributed by atoms with E-state index in [0.717, 1.165) is 0 Å². The van der Waals surface area contributed by atoms with E-state index in [4.69, 9.17) is 5.11 Å². The van der Waals surface area contributed by atoms with Crippen molar-refractivity contribution in [2.24, 2.45) is 0 Å². The molecule has 1 amide bonds. The summed E-state index contributed by atoms with van der Waals surface area (Å²) in [6, 6.07) is 0.490. The van der Waals surface area contributed by atoms with Crippen molar-refractivity contribution in [1.29, 1.82) is 0 Å². The summed E-state index contributed by atoms with van der Waals surface area (Å²) in [7, 11) is 0. The molecule has 6 nitrogen and oxygen atoms in total. The van der Waals surface area contributed by atoms with E-state index in [1.54, 1.807) is 6.92 Å². The van der Waals surface area contributed by atoms with Gasteiger partial charge in [-0.25, -0.2) is 9.97 Å². The largest absolute Gasteiger partial charge is 0.480 e. The Bertz CT molecular complexity index is 392. The fourth-order valence-corrected chi connectivity index (χ4v) is 0.915. The molecule has 0 spiro atoms. The van der Waals surface area contributed by atoms with Crippen LogP contribution in [0.5, 0.6) is 0 Å². The molecule has 0 bridgehead atoms. The van der Waals surface area contributed by atoms with Gasteiger partial charge in [0.05, 0.1) is 0 Å². The smallest absolute Gasteiger partial charge is 0.325 e. The number of rotatable bonds is 3. The Morgan fingerprint density at radius 1 is 1.53 bits per heavy atom. The molecule has 1 rings (SSSR count). The second-order valence-corrected chi connectivity index (χ2v) is 3.02. The molecule has 15 heavy (non-hydrogen) atoms. The highest BCUT2D eigenvalue weighted by molar-refractivity contribution is 5.94. The number of carboxylic acids is 1. The Morgan fingerprint density at radius 3 is 2.73 bits per heavy atom. The average Bonchev–Trinajstić information content (AvgIpc) is 2.17. The van der Waals surface area contributed by atoms with Crippen LogP contribution in [0, 0.1) is 6.92 Å². The summed E-state index contributed by atoms with van der Waals surface area (Å²) in [6.45, 7) is 3.03. The number of amides is 1. The molecular weight excluding hydrogens is 198 g/mol. The first-order chi connectivity index (χ1) is 7.00. The number of nitrogens with zero attached hydrogens (tertiary/aromatic N) is 2. The zero-order valence-electron chi connectivity index (χ0n) is 8.39. The van der Waals surface area contributed by atoms with Crippen molar-refractivity contribution in [2.75, 3.05) is 0 Å². The normalized spacial score (nSPS) is 11.9. The fourth-order valence-electron chi connectivity index (χ4n) is 0.915. The number of aromatic nitrogens is 2. The van der Waals surface area contributed by atoms with Gasteiger partial charge in [0.1, 0.15) is 17.6 Å². The second-order valence-electron chi connectivity index (χ2n) is 3.02. The molecule has 2 N–H and O–H groups in total. The van der Waals surface area contributed by atoms with E-state index in [9.17, 15) is 9.59 Å². The molecule has 0 saturated carbocycles. The third-order valence-electron chi connectivity index (χ3n) is 1.73. The van der Waals surface area contributed by atoms with Crippen LogP contribution >= 0.6 is 0 Å². The molecular formula is C9H11N3O3. The first kappa shape index (κ1) is 11.1. The van der Waals surface area contributed by atoms with Crippen LogP contribution in [0.3, 0.4) is 0 Å². The lowest BCUT2D eigenvalue weighted by molar-refractivity contribution is -0.138. The van der Waals surface area contributed by atoms with Crippen molar-refractivity contribution in [1.82, 2.24) is 15.3 Å². The van der Waals surface area contributed by atoms with Crippen molar-refractivity contribution < 1.29 is 14.7 Å². The molecule has 0 fully saturated rings. The Balaban J connectivity index is 2.73. The number of aryl methyl sites for hydroxylation is 1. The van der Waals surface area contributed by atoms with Crippen LogP contribution in [0.1, 0.15) is 23.2 Å². The van der Waals surface area contributed by atoms with Crippen molar-refractivity contribution in [3.63, 3.8) is 0 Å². The van der Waals surface area contributed by atoms with Gasteiger partial charge >= 0.3 is 5.97 Å². The maximum Gasteiger partial charge on any atom is 0.325 e. The molecule has 80 valence electrons. The summed E-state index contributed by atoms with van der Waals surface area (Å²) < 4.78 is 0. The molecule has 1 heterocycles. The molecule has 1 aromatic rings. The van der Waals surface area contributed by atoms with E-state index in [1.807, 2.05) is 0 Å². The highest BCUT2D eigenvalue weighted by atomic mass is 16.4. The third-order valence-corrected chi connectivity index (χ3v) is 1.73. The van der Waals surface area contributed by atoms with Gasteiger partial charge < -0.3 is 10.4 Å². The minimum absolute atomic E-state index is 0.163. The van der Waals surface area contributed by atoms with E-state index >= 15 is 0 Å². The predicted molar refractivity (Wildman–Crippen MR) is 51.3 cm³/mol. The molecule has 0 unspecified atom stereocenters. The van der Waals surface area contributed by atoms with E-state index < -0.39 is 17.9 Å². The highest BCUT2D eigenvalue weighted by Crippen LogP contribution is 1.95. The van der Waals surface area contributed by atoms with Crippen molar-refractivity contribution in [2.45, 2.75) is 19.9 Å². The van der Waals surface area contributed by atoms with E-state index in [1.165, 1.54) is 19.2 Å². The monoisotopic (exact) mass is 209 g/mol. The standard InChI is InChI=1S/C9H11N3O3/c1-5(9(14)15)11-8(13)7-3-4-10-6(2)12-7/h3-5H,1-2H3,(H,11,13)(H,14,15)/t5-/m1/s1. The van der Waals surface area contributed by atoms with Crippen LogP contribution in [0.15, 0.2) is 12.3 Å². The molecule has 0 radical (unpaired) electrons. The number of nitrogens with one attached hydrogen (secondary N) is 1. The van der Waals surface area contributed by atoms with Gasteiger partial charge in [0.2, 0.25) is 0 Å². The van der Waals surface area contributed by atoms with Crippen LogP contribution in [0.2, 0.25) is 0 Å². The number of hydrogen-bond donors (Lipinski definition) is 2. The lowest BCUT2D eigenvalue weighted by Crippen LogP contribution is -2.38. The SMILES string of the molecule is Cc1nccc(C(=O)N[C@H](C)C(=O)O)n1. The molecule has 0 aliphatic rings. The topological polar surface area (TPSA) is 92.2 Å². The third kappa shape index (κ3) is 3.01. The zero-order valence-corrected chi connectivity index (χ0v) is 8.39. The molecule has 0 saturated heterocycles. The summed E-state index contributed by atoms with van der Waals surface area (Å²) in [6.07, 6.45) is 1.45. The Labute approximate surface area is 86.4 Å². The Morgan fingerprint density at radius 2 is 2.20 bits per heavy atom. The lowest BCUT2D eigenvalue weighted by Gasteiger charge is -2.08. The summed E-state index contributed by atoms with van der Waals surface area (Å²) in [5.41, 5.74) is 0.163. The number of hydrogen-bond acceptors (Lipinski definition) is 4. The van der Waals surface area contributed by atoms with Gasteiger partial charge in [0, 0.05) is 6.20 Å². The average molecular weight is 209 g/mol. The van der Waals surface area contributed by atoms with Crippen LogP contribution in [0.4, 0.5) is 0 Å². The summed E-state index contributed by atoms with van der Waals surface area (Å²) in [5, 5.41) is 10.9. The van der Waals surface area contributed by atoms with E-state index in [-0.39, 0.29) is 5.69 Å². The van der Waals surface area contributed by atoms with Gasteiger partial charge in [0.15, 0.2) is 0 Å². The van der Waals surface area contributed by atoms with Crippen LogP contribution in [-0.4, -0.2) is 33.0 Å². The van der Waals surface area contributed by atoms with E-state index in [0.29, 0.717) is 5.82 Å². The van der Waals surface area contributed by atoms with Crippen LogP contribution in [0.25, 0.3) is 0 Å². The number of carbonyl (C=O) groups excluding carboxylic acids is 1. The molecule has 1 aromatic heterocycles. The second kappa shape index (κ2) is 4.50. The maximum absolute atomic E-state index is 11.4. The summed E-state index contributed by atoms with van der Waals surface area (Å²) >= 11 is 0. The summed E-state index contributed by atoms with van der Waals surface area (Å²) in [4.78, 5) is 29.6. The van der Waals surface area contributed by atoms with Gasteiger partial charge in [-0.05, 0) is 19.9 Å². The van der Waals surface area contributed by atoms with Crippen molar-refractivity contribution in [3.05, 3.63) is 23.8 Å². The maximum atomic E-state index is 11.4.